The number of hydrogen-bond donors (Lipinski definition) is 1. The number of primary sulfonamides is 1. The predicted molar refractivity (Wildman–Crippen MR) is 84.0 cm³/mol. The Morgan fingerprint density at radius 3 is 2.29 bits per heavy atom. The van der Waals surface area contributed by atoms with Crippen molar-refractivity contribution < 1.29 is 13.2 Å². The minimum atomic E-state index is -3.69. The Kier molecular flexibility index (Phi) is 4.63. The zero-order chi connectivity index (χ0) is 15.7. The van der Waals surface area contributed by atoms with E-state index in [1.54, 1.807) is 12.1 Å². The largest absolute Gasteiger partial charge is 0.490 e. The van der Waals surface area contributed by atoms with Crippen LogP contribution in [0.1, 0.15) is 58.4 Å². The van der Waals surface area contributed by atoms with Crippen molar-refractivity contribution in [2.24, 2.45) is 5.14 Å². The van der Waals surface area contributed by atoms with E-state index in [1.165, 1.54) is 25.3 Å². The first-order valence-corrected chi connectivity index (χ1v) is 9.06. The lowest BCUT2D eigenvalue weighted by atomic mass is 9.86. The topological polar surface area (TPSA) is 69.4 Å². The fourth-order valence-electron chi connectivity index (χ4n) is 2.74. The van der Waals surface area contributed by atoms with Gasteiger partial charge in [0.05, 0.1) is 11.0 Å². The summed E-state index contributed by atoms with van der Waals surface area (Å²) in [5, 5.41) is 5.23. The Balaban J connectivity index is 2.36. The van der Waals surface area contributed by atoms with Gasteiger partial charge in [0, 0.05) is 5.56 Å². The van der Waals surface area contributed by atoms with Crippen LogP contribution in [0.3, 0.4) is 0 Å². The van der Waals surface area contributed by atoms with Gasteiger partial charge >= 0.3 is 0 Å². The molecule has 0 heterocycles. The lowest BCUT2D eigenvalue weighted by Crippen LogP contribution is -2.23. The van der Waals surface area contributed by atoms with Gasteiger partial charge in [-0.2, -0.15) is 0 Å². The molecule has 0 saturated heterocycles. The zero-order valence-corrected chi connectivity index (χ0v) is 13.9. The third kappa shape index (κ3) is 4.20. The molecule has 2 N–H and O–H groups in total. The monoisotopic (exact) mass is 311 g/mol. The molecule has 1 aromatic rings. The van der Waals surface area contributed by atoms with E-state index in [0.29, 0.717) is 0 Å². The van der Waals surface area contributed by atoms with Gasteiger partial charge in [0.25, 0.3) is 0 Å². The highest BCUT2D eigenvalue weighted by Gasteiger charge is 2.24. The van der Waals surface area contributed by atoms with Crippen molar-refractivity contribution in [2.75, 3.05) is 0 Å². The highest BCUT2D eigenvalue weighted by Crippen LogP contribution is 2.35. The van der Waals surface area contributed by atoms with E-state index in [9.17, 15) is 8.42 Å². The molecule has 0 radical (unpaired) electrons. The third-order valence-electron chi connectivity index (χ3n) is 3.93. The van der Waals surface area contributed by atoms with Crippen molar-refractivity contribution in [3.8, 4) is 5.75 Å². The molecule has 1 aliphatic rings. The van der Waals surface area contributed by atoms with Gasteiger partial charge in [-0.1, -0.05) is 27.2 Å². The lowest BCUT2D eigenvalue weighted by molar-refractivity contribution is 0.152. The van der Waals surface area contributed by atoms with Gasteiger partial charge < -0.3 is 4.74 Å². The minimum absolute atomic E-state index is 0.142. The molecule has 1 aliphatic carbocycles. The summed E-state index contributed by atoms with van der Waals surface area (Å²) in [5.74, 6) is 0.779. The van der Waals surface area contributed by atoms with E-state index in [4.69, 9.17) is 9.88 Å². The first-order valence-electron chi connectivity index (χ1n) is 7.52. The van der Waals surface area contributed by atoms with Crippen molar-refractivity contribution in [2.45, 2.75) is 69.3 Å². The average molecular weight is 311 g/mol. The highest BCUT2D eigenvalue weighted by atomic mass is 32.2. The van der Waals surface area contributed by atoms with Crippen LogP contribution in [0.4, 0.5) is 0 Å². The second kappa shape index (κ2) is 5.97. The number of hydrogen-bond acceptors (Lipinski definition) is 3. The van der Waals surface area contributed by atoms with E-state index < -0.39 is 10.0 Å². The lowest BCUT2D eigenvalue weighted by Gasteiger charge is -2.28. The smallest absolute Gasteiger partial charge is 0.238 e. The summed E-state index contributed by atoms with van der Waals surface area (Å²) < 4.78 is 29.2. The summed E-state index contributed by atoms with van der Waals surface area (Å²) in [5.41, 5.74) is 0.685. The first kappa shape index (κ1) is 16.3. The van der Waals surface area contributed by atoms with Crippen LogP contribution in [0.25, 0.3) is 0 Å². The quantitative estimate of drug-likeness (QED) is 0.930. The molecule has 0 aliphatic heterocycles. The summed E-state index contributed by atoms with van der Waals surface area (Å²) in [6.07, 6.45) is 6.05. The van der Waals surface area contributed by atoms with Gasteiger partial charge in [-0.15, -0.1) is 0 Å². The van der Waals surface area contributed by atoms with Crippen LogP contribution >= 0.6 is 0 Å². The molecule has 0 amide bonds. The van der Waals surface area contributed by atoms with Crippen LogP contribution in [0.5, 0.6) is 5.75 Å². The van der Waals surface area contributed by atoms with Crippen molar-refractivity contribution in [1.29, 1.82) is 0 Å². The summed E-state index contributed by atoms with van der Waals surface area (Å²) in [4.78, 5) is 0.142. The number of ether oxygens (including phenoxy) is 1. The Morgan fingerprint density at radius 1 is 1.14 bits per heavy atom. The van der Waals surface area contributed by atoms with Crippen LogP contribution in [-0.2, 0) is 15.4 Å². The SMILES string of the molecule is CC(C)(C)c1cc(S(N)(=O)=O)ccc1OC1CCCCC1. The summed E-state index contributed by atoms with van der Waals surface area (Å²) in [7, 11) is -3.69. The maximum absolute atomic E-state index is 11.6. The van der Waals surface area contributed by atoms with E-state index in [1.807, 2.05) is 20.8 Å². The molecule has 0 atom stereocenters. The van der Waals surface area contributed by atoms with Crippen LogP contribution < -0.4 is 9.88 Å². The Morgan fingerprint density at radius 2 is 1.76 bits per heavy atom. The number of sulfonamides is 1. The van der Waals surface area contributed by atoms with Gasteiger partial charge in [-0.3, -0.25) is 0 Å². The molecule has 1 saturated carbocycles. The molecule has 5 heteroatoms. The van der Waals surface area contributed by atoms with Crippen molar-refractivity contribution in [1.82, 2.24) is 0 Å². The summed E-state index contributed by atoms with van der Waals surface area (Å²) in [6, 6.07) is 4.92. The molecule has 0 aromatic heterocycles. The van der Waals surface area contributed by atoms with Gasteiger partial charge in [-0.05, 0) is 49.3 Å². The van der Waals surface area contributed by atoms with Crippen molar-refractivity contribution in [3.63, 3.8) is 0 Å². The molecule has 4 nitrogen and oxygen atoms in total. The molecule has 0 unspecified atom stereocenters. The molecule has 118 valence electrons. The second-order valence-electron chi connectivity index (χ2n) is 6.83. The second-order valence-corrected chi connectivity index (χ2v) is 8.39. The summed E-state index contributed by atoms with van der Waals surface area (Å²) >= 11 is 0. The maximum atomic E-state index is 11.6. The van der Waals surface area contributed by atoms with Crippen LogP contribution in [0.15, 0.2) is 23.1 Å². The van der Waals surface area contributed by atoms with Crippen LogP contribution in [-0.4, -0.2) is 14.5 Å². The molecule has 2 rings (SSSR count). The molecular weight excluding hydrogens is 286 g/mol. The summed E-state index contributed by atoms with van der Waals surface area (Å²) in [6.45, 7) is 6.13. The molecule has 1 aromatic carbocycles. The first-order chi connectivity index (χ1) is 9.68. The fraction of sp³-hybridized carbons (Fsp3) is 0.625. The average Bonchev–Trinajstić information content (AvgIpc) is 2.38. The van der Waals surface area contributed by atoms with Gasteiger partial charge in [-0.25, -0.2) is 13.6 Å². The van der Waals surface area contributed by atoms with Gasteiger partial charge in [0.1, 0.15) is 5.75 Å². The zero-order valence-electron chi connectivity index (χ0n) is 13.1. The standard InChI is InChI=1S/C16H25NO3S/c1-16(2,3)14-11-13(21(17,18)19)9-10-15(14)20-12-7-5-4-6-8-12/h9-12H,4-8H2,1-3H3,(H2,17,18,19). The maximum Gasteiger partial charge on any atom is 0.238 e. The third-order valence-corrected chi connectivity index (χ3v) is 4.84. The van der Waals surface area contributed by atoms with E-state index in [2.05, 4.69) is 0 Å². The minimum Gasteiger partial charge on any atom is -0.490 e. The van der Waals surface area contributed by atoms with Crippen molar-refractivity contribution in [3.05, 3.63) is 23.8 Å². The number of rotatable bonds is 3. The fourth-order valence-corrected chi connectivity index (χ4v) is 3.28. The normalized spacial score (nSPS) is 17.7. The molecule has 0 spiro atoms. The Hall–Kier alpha value is -1.07. The molecule has 0 bridgehead atoms. The predicted octanol–water partition coefficient (Wildman–Crippen LogP) is 3.34. The number of benzene rings is 1. The van der Waals surface area contributed by atoms with E-state index in [0.717, 1.165) is 24.2 Å². The van der Waals surface area contributed by atoms with Crippen LogP contribution in [0, 0.1) is 0 Å². The molecular formula is C16H25NO3S. The Labute approximate surface area is 127 Å². The molecule has 21 heavy (non-hydrogen) atoms. The Bertz CT molecular complexity index is 596. The van der Waals surface area contributed by atoms with Crippen LogP contribution in [0.2, 0.25) is 0 Å². The van der Waals surface area contributed by atoms with Crippen molar-refractivity contribution >= 4 is 10.0 Å². The van der Waals surface area contributed by atoms with E-state index in [-0.39, 0.29) is 16.4 Å². The van der Waals surface area contributed by atoms with E-state index >= 15 is 0 Å². The molecule has 1 fully saturated rings. The van der Waals surface area contributed by atoms with Gasteiger partial charge in [0.15, 0.2) is 0 Å². The number of nitrogens with two attached hydrogens (primary N) is 1. The van der Waals surface area contributed by atoms with Gasteiger partial charge in [0.2, 0.25) is 10.0 Å². The highest BCUT2D eigenvalue weighted by molar-refractivity contribution is 7.89.